The molecule has 1 aliphatic carbocycles. The second kappa shape index (κ2) is 5.65. The average Bonchev–Trinajstić information content (AvgIpc) is 2.48. The van der Waals surface area contributed by atoms with Crippen molar-refractivity contribution in [1.29, 1.82) is 0 Å². The fourth-order valence-corrected chi connectivity index (χ4v) is 3.22. The molecule has 4 heteroatoms. The molecule has 0 spiro atoms. The first-order valence-electron chi connectivity index (χ1n) is 6.95. The molecule has 0 atom stereocenters. The van der Waals surface area contributed by atoms with Crippen LogP contribution in [-0.2, 0) is 4.74 Å². The van der Waals surface area contributed by atoms with Gasteiger partial charge in [0.2, 0.25) is 0 Å². The van der Waals surface area contributed by atoms with Crippen LogP contribution in [0.2, 0.25) is 0 Å². The van der Waals surface area contributed by atoms with Crippen LogP contribution in [0.25, 0.3) is 0 Å². The quantitative estimate of drug-likeness (QED) is 0.779. The van der Waals surface area contributed by atoms with Crippen LogP contribution < -0.4 is 5.73 Å². The predicted octanol–water partition coefficient (Wildman–Crippen LogP) is 0.520. The van der Waals surface area contributed by atoms with Gasteiger partial charge in [-0.15, -0.1) is 0 Å². The fraction of sp³-hybridized carbons (Fsp3) is 1.00. The van der Waals surface area contributed by atoms with E-state index in [9.17, 15) is 0 Å². The first-order chi connectivity index (χ1) is 8.20. The Morgan fingerprint density at radius 2 is 2.00 bits per heavy atom. The molecule has 1 saturated carbocycles. The Kier molecular flexibility index (Phi) is 4.42. The monoisotopic (exact) mass is 241 g/mol. The summed E-state index contributed by atoms with van der Waals surface area (Å²) in [7, 11) is 2.21. The topological polar surface area (TPSA) is 41.7 Å². The van der Waals surface area contributed by atoms with Crippen molar-refractivity contribution in [1.82, 2.24) is 9.80 Å². The van der Waals surface area contributed by atoms with Crippen molar-refractivity contribution in [3.63, 3.8) is 0 Å². The summed E-state index contributed by atoms with van der Waals surface area (Å²) in [4.78, 5) is 5.04. The summed E-state index contributed by atoms with van der Waals surface area (Å²) in [5.74, 6) is 0. The molecular formula is C13H27N3O. The minimum Gasteiger partial charge on any atom is -0.378 e. The normalized spacial score (nSPS) is 36.5. The van der Waals surface area contributed by atoms with Crippen molar-refractivity contribution in [2.45, 2.75) is 37.8 Å². The van der Waals surface area contributed by atoms with E-state index in [4.69, 9.17) is 10.5 Å². The van der Waals surface area contributed by atoms with E-state index >= 15 is 0 Å². The number of ether oxygens (including phenoxy) is 1. The second-order valence-corrected chi connectivity index (χ2v) is 5.56. The molecule has 100 valence electrons. The predicted molar refractivity (Wildman–Crippen MR) is 70.1 cm³/mol. The summed E-state index contributed by atoms with van der Waals surface area (Å²) in [5.41, 5.74) is 6.27. The Hall–Kier alpha value is -0.160. The lowest BCUT2D eigenvalue weighted by Gasteiger charge is -2.53. The maximum absolute atomic E-state index is 6.03. The van der Waals surface area contributed by atoms with E-state index in [1.807, 2.05) is 0 Å². The van der Waals surface area contributed by atoms with Crippen molar-refractivity contribution in [3.8, 4) is 0 Å². The summed E-state index contributed by atoms with van der Waals surface area (Å²) in [6.07, 6.45) is 3.96. The Morgan fingerprint density at radius 1 is 1.24 bits per heavy atom. The van der Waals surface area contributed by atoms with Crippen LogP contribution in [0.15, 0.2) is 0 Å². The lowest BCUT2D eigenvalue weighted by molar-refractivity contribution is -0.0986. The van der Waals surface area contributed by atoms with Gasteiger partial charge in [0.05, 0.1) is 6.10 Å². The first kappa shape index (κ1) is 13.3. The SMILES string of the molecule is CCOC1CC(CN)(N2CCCN(C)CC2)C1. The molecule has 4 nitrogen and oxygen atoms in total. The zero-order chi connectivity index (χ0) is 12.3. The van der Waals surface area contributed by atoms with Gasteiger partial charge in [0, 0.05) is 38.3 Å². The smallest absolute Gasteiger partial charge is 0.0611 e. The van der Waals surface area contributed by atoms with Gasteiger partial charge in [0.25, 0.3) is 0 Å². The van der Waals surface area contributed by atoms with Crippen LogP contribution in [0.1, 0.15) is 26.2 Å². The molecule has 0 radical (unpaired) electrons. The van der Waals surface area contributed by atoms with Gasteiger partial charge in [-0.05, 0) is 39.8 Å². The maximum Gasteiger partial charge on any atom is 0.0611 e. The fourth-order valence-electron chi connectivity index (χ4n) is 3.22. The van der Waals surface area contributed by atoms with E-state index in [0.29, 0.717) is 6.10 Å². The summed E-state index contributed by atoms with van der Waals surface area (Å²) in [6, 6.07) is 0. The summed E-state index contributed by atoms with van der Waals surface area (Å²) >= 11 is 0. The number of likely N-dealkylation sites (N-methyl/N-ethyl adjacent to an activating group) is 1. The molecule has 0 aromatic carbocycles. The van der Waals surface area contributed by atoms with Crippen LogP contribution in [0.3, 0.4) is 0 Å². The highest BCUT2D eigenvalue weighted by Crippen LogP contribution is 2.39. The van der Waals surface area contributed by atoms with Gasteiger partial charge in [-0.2, -0.15) is 0 Å². The first-order valence-corrected chi connectivity index (χ1v) is 6.95. The van der Waals surface area contributed by atoms with E-state index in [-0.39, 0.29) is 5.54 Å². The second-order valence-electron chi connectivity index (χ2n) is 5.56. The highest BCUT2D eigenvalue weighted by molar-refractivity contribution is 5.05. The molecule has 2 fully saturated rings. The zero-order valence-corrected chi connectivity index (χ0v) is 11.3. The average molecular weight is 241 g/mol. The Balaban J connectivity index is 1.90. The van der Waals surface area contributed by atoms with Gasteiger partial charge >= 0.3 is 0 Å². The molecule has 1 saturated heterocycles. The van der Waals surface area contributed by atoms with Crippen LogP contribution in [0.5, 0.6) is 0 Å². The lowest BCUT2D eigenvalue weighted by Crippen LogP contribution is -2.64. The third kappa shape index (κ3) is 2.81. The highest BCUT2D eigenvalue weighted by Gasteiger charge is 2.47. The standard InChI is InChI=1S/C13H27N3O/c1-3-17-12-9-13(10-12,11-14)16-6-4-5-15(2)7-8-16/h12H,3-11,14H2,1-2H3. The molecule has 0 bridgehead atoms. The molecule has 2 N–H and O–H groups in total. The van der Waals surface area contributed by atoms with Gasteiger partial charge in [-0.1, -0.05) is 0 Å². The van der Waals surface area contributed by atoms with E-state index in [2.05, 4.69) is 23.8 Å². The Bertz CT molecular complexity index is 241. The molecule has 0 aromatic heterocycles. The third-order valence-corrected chi connectivity index (χ3v) is 4.39. The van der Waals surface area contributed by atoms with Crippen molar-refractivity contribution in [2.24, 2.45) is 5.73 Å². The van der Waals surface area contributed by atoms with Crippen molar-refractivity contribution >= 4 is 0 Å². The zero-order valence-electron chi connectivity index (χ0n) is 11.3. The summed E-state index contributed by atoms with van der Waals surface area (Å²) in [5, 5.41) is 0. The van der Waals surface area contributed by atoms with Crippen LogP contribution >= 0.6 is 0 Å². The minimum atomic E-state index is 0.241. The van der Waals surface area contributed by atoms with Crippen molar-refractivity contribution in [2.75, 3.05) is 46.4 Å². The van der Waals surface area contributed by atoms with Gasteiger partial charge in [0.1, 0.15) is 0 Å². The molecular weight excluding hydrogens is 214 g/mol. The van der Waals surface area contributed by atoms with E-state index in [1.54, 1.807) is 0 Å². The van der Waals surface area contributed by atoms with Gasteiger partial charge < -0.3 is 15.4 Å². The maximum atomic E-state index is 6.03. The summed E-state index contributed by atoms with van der Waals surface area (Å²) < 4.78 is 5.69. The molecule has 17 heavy (non-hydrogen) atoms. The molecule has 0 aromatic rings. The van der Waals surface area contributed by atoms with Crippen molar-refractivity contribution in [3.05, 3.63) is 0 Å². The number of nitrogens with zero attached hydrogens (tertiary/aromatic N) is 2. The summed E-state index contributed by atoms with van der Waals surface area (Å²) in [6.45, 7) is 8.41. The molecule has 1 heterocycles. The van der Waals surface area contributed by atoms with E-state index in [0.717, 1.165) is 32.5 Å². The number of rotatable bonds is 4. The lowest BCUT2D eigenvalue weighted by atomic mass is 9.72. The van der Waals surface area contributed by atoms with Crippen molar-refractivity contribution < 1.29 is 4.74 Å². The highest BCUT2D eigenvalue weighted by atomic mass is 16.5. The molecule has 2 rings (SSSR count). The van der Waals surface area contributed by atoms with Gasteiger partial charge in [0.15, 0.2) is 0 Å². The van der Waals surface area contributed by atoms with Gasteiger partial charge in [-0.3, -0.25) is 4.90 Å². The largest absolute Gasteiger partial charge is 0.378 e. The number of nitrogens with two attached hydrogens (primary N) is 1. The van der Waals surface area contributed by atoms with Crippen LogP contribution in [-0.4, -0.2) is 67.8 Å². The number of hydrogen-bond donors (Lipinski definition) is 1. The Labute approximate surface area is 105 Å². The molecule has 0 unspecified atom stereocenters. The minimum absolute atomic E-state index is 0.241. The Morgan fingerprint density at radius 3 is 2.65 bits per heavy atom. The molecule has 1 aliphatic heterocycles. The van der Waals surface area contributed by atoms with Gasteiger partial charge in [-0.25, -0.2) is 0 Å². The third-order valence-electron chi connectivity index (χ3n) is 4.39. The van der Waals surface area contributed by atoms with E-state index < -0.39 is 0 Å². The molecule has 0 amide bonds. The van der Waals surface area contributed by atoms with E-state index in [1.165, 1.54) is 26.1 Å². The number of hydrogen-bond acceptors (Lipinski definition) is 4. The molecule has 2 aliphatic rings. The van der Waals surface area contributed by atoms with Crippen LogP contribution in [0, 0.1) is 0 Å². The van der Waals surface area contributed by atoms with Crippen LogP contribution in [0.4, 0.5) is 0 Å².